The molecule has 0 atom stereocenters. The first-order valence-electron chi connectivity index (χ1n) is 6.71. The SMILES string of the molecule is CC.CNc1ccc(C)cc1.Nc1ccc(C=O)cc1. The number of rotatable bonds is 2. The lowest BCUT2D eigenvalue weighted by Gasteiger charge is -1.97. The van der Waals surface area contributed by atoms with E-state index in [4.69, 9.17) is 5.73 Å². The Kier molecular flexibility index (Phi) is 9.40. The van der Waals surface area contributed by atoms with Gasteiger partial charge in [0.15, 0.2) is 0 Å². The molecule has 0 aliphatic rings. The van der Waals surface area contributed by atoms with E-state index in [2.05, 4.69) is 36.5 Å². The van der Waals surface area contributed by atoms with Crippen molar-refractivity contribution in [3.8, 4) is 0 Å². The van der Waals surface area contributed by atoms with Crippen molar-refractivity contribution in [2.24, 2.45) is 0 Å². The summed E-state index contributed by atoms with van der Waals surface area (Å²) < 4.78 is 0. The van der Waals surface area contributed by atoms with E-state index >= 15 is 0 Å². The molecule has 3 heteroatoms. The van der Waals surface area contributed by atoms with Crippen LogP contribution >= 0.6 is 0 Å². The summed E-state index contributed by atoms with van der Waals surface area (Å²) in [7, 11) is 1.92. The van der Waals surface area contributed by atoms with Crippen molar-refractivity contribution >= 4 is 17.7 Å². The molecule has 108 valence electrons. The fraction of sp³-hybridized carbons (Fsp3) is 0.235. The number of carbonyl (C=O) groups excluding carboxylic acids is 1. The van der Waals surface area contributed by atoms with Crippen LogP contribution in [0, 0.1) is 6.92 Å². The molecule has 0 aliphatic carbocycles. The summed E-state index contributed by atoms with van der Waals surface area (Å²) in [5, 5.41) is 3.05. The van der Waals surface area contributed by atoms with Gasteiger partial charge in [-0.25, -0.2) is 0 Å². The molecule has 0 amide bonds. The zero-order valence-electron chi connectivity index (χ0n) is 12.7. The summed E-state index contributed by atoms with van der Waals surface area (Å²) in [6, 6.07) is 15.1. The molecule has 2 aromatic rings. The smallest absolute Gasteiger partial charge is 0.150 e. The summed E-state index contributed by atoms with van der Waals surface area (Å²) in [5.74, 6) is 0. The standard InChI is InChI=1S/C8H11N.C7H7NO.C2H6/c1-7-3-5-8(9-2)6-4-7;8-7-3-1-6(5-9)2-4-7;1-2/h3-6,9H,1-2H3;1-5H,8H2;1-2H3. The molecule has 2 aromatic carbocycles. The lowest BCUT2D eigenvalue weighted by atomic mass is 10.2. The van der Waals surface area contributed by atoms with Gasteiger partial charge in [-0.05, 0) is 43.3 Å². The second-order valence-corrected chi connectivity index (χ2v) is 3.90. The summed E-state index contributed by atoms with van der Waals surface area (Å²) in [6.45, 7) is 6.08. The fourth-order valence-electron chi connectivity index (χ4n) is 1.29. The minimum atomic E-state index is 0.657. The van der Waals surface area contributed by atoms with E-state index in [0.717, 1.165) is 6.29 Å². The van der Waals surface area contributed by atoms with E-state index in [1.54, 1.807) is 24.3 Å². The Morgan fingerprint density at radius 3 is 1.85 bits per heavy atom. The van der Waals surface area contributed by atoms with E-state index in [0.29, 0.717) is 11.3 Å². The molecule has 0 bridgehead atoms. The minimum absolute atomic E-state index is 0.657. The minimum Gasteiger partial charge on any atom is -0.399 e. The Hall–Kier alpha value is -2.29. The molecule has 0 fully saturated rings. The van der Waals surface area contributed by atoms with Gasteiger partial charge in [-0.1, -0.05) is 31.5 Å². The normalized spacial score (nSPS) is 8.40. The van der Waals surface area contributed by atoms with Crippen molar-refractivity contribution in [1.82, 2.24) is 0 Å². The summed E-state index contributed by atoms with van der Waals surface area (Å²) in [6.07, 6.45) is 0.791. The van der Waals surface area contributed by atoms with Crippen LogP contribution in [0.3, 0.4) is 0 Å². The van der Waals surface area contributed by atoms with Crippen molar-refractivity contribution in [2.75, 3.05) is 18.1 Å². The summed E-state index contributed by atoms with van der Waals surface area (Å²) in [5.41, 5.74) is 9.17. The van der Waals surface area contributed by atoms with Crippen LogP contribution in [0.4, 0.5) is 11.4 Å². The molecule has 3 nitrogen and oxygen atoms in total. The number of nitrogens with one attached hydrogen (secondary N) is 1. The van der Waals surface area contributed by atoms with Crippen molar-refractivity contribution in [3.05, 3.63) is 59.7 Å². The quantitative estimate of drug-likeness (QED) is 0.638. The van der Waals surface area contributed by atoms with E-state index in [1.807, 2.05) is 20.9 Å². The van der Waals surface area contributed by atoms with Gasteiger partial charge in [-0.15, -0.1) is 0 Å². The highest BCUT2D eigenvalue weighted by atomic mass is 16.1. The van der Waals surface area contributed by atoms with Crippen LogP contribution in [0.25, 0.3) is 0 Å². The lowest BCUT2D eigenvalue weighted by molar-refractivity contribution is 0.112. The van der Waals surface area contributed by atoms with E-state index in [-0.39, 0.29) is 0 Å². The third-order valence-electron chi connectivity index (χ3n) is 2.41. The van der Waals surface area contributed by atoms with Gasteiger partial charge in [0.2, 0.25) is 0 Å². The predicted molar refractivity (Wildman–Crippen MR) is 88.3 cm³/mol. The molecule has 0 unspecified atom stereocenters. The number of nitrogen functional groups attached to an aromatic ring is 1. The largest absolute Gasteiger partial charge is 0.399 e. The maximum absolute atomic E-state index is 10.1. The molecular weight excluding hydrogens is 248 g/mol. The molecular formula is C17H24N2O. The van der Waals surface area contributed by atoms with Crippen LogP contribution in [-0.4, -0.2) is 13.3 Å². The first kappa shape index (κ1) is 17.7. The van der Waals surface area contributed by atoms with Crippen LogP contribution in [0.5, 0.6) is 0 Å². The highest BCUT2D eigenvalue weighted by molar-refractivity contribution is 5.75. The summed E-state index contributed by atoms with van der Waals surface area (Å²) >= 11 is 0. The fourth-order valence-corrected chi connectivity index (χ4v) is 1.29. The lowest BCUT2D eigenvalue weighted by Crippen LogP contribution is -1.85. The number of hydrogen-bond donors (Lipinski definition) is 2. The first-order valence-corrected chi connectivity index (χ1v) is 6.71. The number of aryl methyl sites for hydroxylation is 1. The number of carbonyl (C=O) groups is 1. The van der Waals surface area contributed by atoms with Gasteiger partial charge in [-0.3, -0.25) is 4.79 Å². The molecule has 0 aliphatic heterocycles. The van der Waals surface area contributed by atoms with Crippen molar-refractivity contribution < 1.29 is 4.79 Å². The second kappa shape index (κ2) is 10.6. The van der Waals surface area contributed by atoms with Crippen LogP contribution in [0.15, 0.2) is 48.5 Å². The number of benzene rings is 2. The monoisotopic (exact) mass is 272 g/mol. The van der Waals surface area contributed by atoms with Crippen molar-refractivity contribution in [1.29, 1.82) is 0 Å². The van der Waals surface area contributed by atoms with Crippen molar-refractivity contribution in [2.45, 2.75) is 20.8 Å². The number of aldehydes is 1. The van der Waals surface area contributed by atoms with E-state index in [1.165, 1.54) is 11.3 Å². The Labute approximate surface area is 121 Å². The van der Waals surface area contributed by atoms with Crippen LogP contribution < -0.4 is 11.1 Å². The first-order chi connectivity index (χ1) is 9.65. The zero-order chi connectivity index (χ0) is 15.4. The highest BCUT2D eigenvalue weighted by Crippen LogP contribution is 2.06. The molecule has 0 saturated heterocycles. The number of nitrogens with two attached hydrogens (primary N) is 1. The summed E-state index contributed by atoms with van der Waals surface area (Å²) in [4.78, 5) is 10.1. The Morgan fingerprint density at radius 1 is 0.950 bits per heavy atom. The Morgan fingerprint density at radius 2 is 1.45 bits per heavy atom. The van der Waals surface area contributed by atoms with Gasteiger partial charge in [0.25, 0.3) is 0 Å². The van der Waals surface area contributed by atoms with Crippen LogP contribution in [0.2, 0.25) is 0 Å². The van der Waals surface area contributed by atoms with Gasteiger partial charge in [0, 0.05) is 24.0 Å². The molecule has 3 N–H and O–H groups in total. The maximum Gasteiger partial charge on any atom is 0.150 e. The molecule has 20 heavy (non-hydrogen) atoms. The topological polar surface area (TPSA) is 55.1 Å². The molecule has 2 rings (SSSR count). The Bertz CT molecular complexity index is 475. The average Bonchev–Trinajstić information content (AvgIpc) is 2.51. The molecule has 0 spiro atoms. The average molecular weight is 272 g/mol. The molecule has 0 aromatic heterocycles. The Balaban J connectivity index is 0.000000321. The molecule has 0 radical (unpaired) electrons. The third kappa shape index (κ3) is 7.21. The number of hydrogen-bond acceptors (Lipinski definition) is 3. The molecule has 0 saturated carbocycles. The van der Waals surface area contributed by atoms with Gasteiger partial charge in [0.05, 0.1) is 0 Å². The maximum atomic E-state index is 10.1. The van der Waals surface area contributed by atoms with E-state index < -0.39 is 0 Å². The van der Waals surface area contributed by atoms with Crippen molar-refractivity contribution in [3.63, 3.8) is 0 Å². The van der Waals surface area contributed by atoms with E-state index in [9.17, 15) is 4.79 Å². The van der Waals surface area contributed by atoms with Gasteiger partial charge in [-0.2, -0.15) is 0 Å². The molecule has 0 heterocycles. The van der Waals surface area contributed by atoms with Crippen LogP contribution in [-0.2, 0) is 0 Å². The number of anilines is 2. The third-order valence-corrected chi connectivity index (χ3v) is 2.41. The second-order valence-electron chi connectivity index (χ2n) is 3.90. The van der Waals surface area contributed by atoms with Gasteiger partial charge >= 0.3 is 0 Å². The van der Waals surface area contributed by atoms with Gasteiger partial charge in [0.1, 0.15) is 6.29 Å². The van der Waals surface area contributed by atoms with Crippen LogP contribution in [0.1, 0.15) is 29.8 Å². The van der Waals surface area contributed by atoms with Gasteiger partial charge < -0.3 is 11.1 Å². The zero-order valence-corrected chi connectivity index (χ0v) is 12.7. The predicted octanol–water partition coefficient (Wildman–Crippen LogP) is 4.14. The highest BCUT2D eigenvalue weighted by Gasteiger charge is 1.85.